The van der Waals surface area contributed by atoms with Gasteiger partial charge >= 0.3 is 0 Å². The van der Waals surface area contributed by atoms with Gasteiger partial charge < -0.3 is 4.74 Å². The first kappa shape index (κ1) is 21.4. The number of benzene rings is 2. The van der Waals surface area contributed by atoms with Gasteiger partial charge in [0.2, 0.25) is 0 Å². The number of fused-ring (bicyclic) bond motifs is 5. The molecule has 2 aromatic carbocycles. The highest BCUT2D eigenvalue weighted by atomic mass is 35.5. The Kier molecular flexibility index (Phi) is 5.29. The summed E-state index contributed by atoms with van der Waals surface area (Å²) in [7, 11) is 1.49. The van der Waals surface area contributed by atoms with E-state index >= 15 is 0 Å². The summed E-state index contributed by atoms with van der Waals surface area (Å²) in [4.78, 5) is 53.5. The highest BCUT2D eigenvalue weighted by Crippen LogP contribution is 2.52. The van der Waals surface area contributed by atoms with Gasteiger partial charge in [0.1, 0.15) is 12.3 Å². The Bertz CT molecular complexity index is 1180. The Morgan fingerprint density at radius 3 is 2.33 bits per heavy atom. The SMILES string of the molecule is COc1cccc(C(=O)CN(C(=O)c2ccccc2Cl)N2C(=O)[C@@H]3[C@@H](C2=O)[C@H]2C=C[C@H]3C2)c1. The third kappa shape index (κ3) is 3.43. The second-order valence-corrected chi connectivity index (χ2v) is 8.89. The van der Waals surface area contributed by atoms with Crippen molar-refractivity contribution in [3.8, 4) is 5.75 Å². The van der Waals surface area contributed by atoms with Crippen LogP contribution in [0.25, 0.3) is 0 Å². The lowest BCUT2D eigenvalue weighted by molar-refractivity contribution is -0.154. The van der Waals surface area contributed by atoms with Crippen molar-refractivity contribution in [2.45, 2.75) is 6.42 Å². The number of nitrogens with zero attached hydrogens (tertiary/aromatic N) is 2. The molecule has 2 bridgehead atoms. The largest absolute Gasteiger partial charge is 0.497 e. The van der Waals surface area contributed by atoms with E-state index in [0.29, 0.717) is 11.3 Å². The lowest BCUT2D eigenvalue weighted by Crippen LogP contribution is -2.52. The topological polar surface area (TPSA) is 84.0 Å². The number of rotatable bonds is 6. The molecule has 2 aromatic rings. The maximum absolute atomic E-state index is 13.5. The van der Waals surface area contributed by atoms with Crippen molar-refractivity contribution in [1.29, 1.82) is 0 Å². The van der Waals surface area contributed by atoms with Crippen LogP contribution in [0.15, 0.2) is 60.7 Å². The lowest BCUT2D eigenvalue weighted by Gasteiger charge is -2.31. The number of hydrazine groups is 1. The molecule has 0 unspecified atom stereocenters. The number of halogens is 1. The van der Waals surface area contributed by atoms with Crippen molar-refractivity contribution >= 4 is 35.1 Å². The van der Waals surface area contributed by atoms with Gasteiger partial charge in [-0.2, -0.15) is 5.01 Å². The molecular formula is C25H21ClN2O5. The van der Waals surface area contributed by atoms with Gasteiger partial charge in [0, 0.05) is 5.56 Å². The van der Waals surface area contributed by atoms with Crippen molar-refractivity contribution in [2.24, 2.45) is 23.7 Å². The molecule has 4 atom stereocenters. The van der Waals surface area contributed by atoms with Gasteiger partial charge in [0.25, 0.3) is 17.7 Å². The van der Waals surface area contributed by atoms with Crippen LogP contribution in [0, 0.1) is 23.7 Å². The fraction of sp³-hybridized carbons (Fsp3) is 0.280. The molecule has 168 valence electrons. The molecule has 1 heterocycles. The Morgan fingerprint density at radius 1 is 1.03 bits per heavy atom. The zero-order chi connectivity index (χ0) is 23.3. The van der Waals surface area contributed by atoms with E-state index in [-0.39, 0.29) is 22.4 Å². The van der Waals surface area contributed by atoms with Crippen molar-refractivity contribution in [3.05, 3.63) is 76.8 Å². The van der Waals surface area contributed by atoms with Gasteiger partial charge in [-0.25, -0.2) is 5.01 Å². The predicted molar refractivity (Wildman–Crippen MR) is 119 cm³/mol. The van der Waals surface area contributed by atoms with Crippen LogP contribution in [0.1, 0.15) is 27.1 Å². The minimum Gasteiger partial charge on any atom is -0.497 e. The highest BCUT2D eigenvalue weighted by Gasteiger charge is 2.61. The molecule has 3 aliphatic rings. The Morgan fingerprint density at radius 2 is 1.70 bits per heavy atom. The van der Waals surface area contributed by atoms with Crippen molar-refractivity contribution in [1.82, 2.24) is 10.0 Å². The number of ether oxygens (including phenoxy) is 1. The maximum Gasteiger partial charge on any atom is 0.274 e. The number of carbonyl (C=O) groups is 4. The van der Waals surface area contributed by atoms with E-state index in [9.17, 15) is 19.2 Å². The van der Waals surface area contributed by atoms with E-state index < -0.39 is 41.9 Å². The standard InChI is InChI=1S/C25H21ClN2O5/c1-33-17-6-4-5-14(12-17)20(29)13-27(23(30)18-7-2-3-8-19(18)26)28-24(31)21-15-9-10-16(11-15)22(21)25(28)32/h2-10,12,15-16,21-22H,11,13H2,1H3/t15-,16-,21-,22-/m0/s1. The van der Waals surface area contributed by atoms with Crippen molar-refractivity contribution < 1.29 is 23.9 Å². The summed E-state index contributed by atoms with van der Waals surface area (Å²) in [5.74, 6) is -2.56. The smallest absolute Gasteiger partial charge is 0.274 e. The molecule has 0 radical (unpaired) electrons. The zero-order valence-electron chi connectivity index (χ0n) is 17.8. The third-order valence-electron chi connectivity index (χ3n) is 6.71. The van der Waals surface area contributed by atoms with Gasteiger partial charge in [0.05, 0.1) is 29.5 Å². The van der Waals surface area contributed by atoms with Gasteiger partial charge in [-0.3, -0.25) is 19.2 Å². The quantitative estimate of drug-likeness (QED) is 0.371. The van der Waals surface area contributed by atoms with E-state index in [0.717, 1.165) is 16.4 Å². The number of carbonyl (C=O) groups excluding carboxylic acids is 4. The number of Topliss-reactive ketones (excluding diaryl/α,β-unsaturated/α-hetero) is 1. The summed E-state index contributed by atoms with van der Waals surface area (Å²) in [6.45, 7) is -0.489. The molecule has 1 saturated heterocycles. The Hall–Kier alpha value is -3.45. The van der Waals surface area contributed by atoms with Crippen molar-refractivity contribution in [2.75, 3.05) is 13.7 Å². The molecule has 1 aliphatic heterocycles. The van der Waals surface area contributed by atoms with Gasteiger partial charge in [-0.15, -0.1) is 0 Å². The number of allylic oxidation sites excluding steroid dienone is 2. The van der Waals surface area contributed by atoms with Crippen LogP contribution in [0.2, 0.25) is 5.02 Å². The molecule has 2 aliphatic carbocycles. The summed E-state index contributed by atoms with van der Waals surface area (Å²) < 4.78 is 5.18. The van der Waals surface area contributed by atoms with E-state index in [1.54, 1.807) is 42.5 Å². The molecule has 5 rings (SSSR count). The molecule has 0 N–H and O–H groups in total. The minimum atomic E-state index is -0.682. The average molecular weight is 465 g/mol. The molecule has 2 fully saturated rings. The minimum absolute atomic E-state index is 0.0206. The number of hydrogen-bond donors (Lipinski definition) is 0. The molecule has 33 heavy (non-hydrogen) atoms. The summed E-state index contributed by atoms with van der Waals surface area (Å²) >= 11 is 6.24. The molecule has 3 amide bonds. The van der Waals surface area contributed by atoms with Crippen LogP contribution in [0.3, 0.4) is 0 Å². The number of amides is 3. The van der Waals surface area contributed by atoms with Crippen molar-refractivity contribution in [3.63, 3.8) is 0 Å². The molecule has 0 spiro atoms. The van der Waals surface area contributed by atoms with E-state index in [1.807, 2.05) is 12.2 Å². The lowest BCUT2D eigenvalue weighted by atomic mass is 9.85. The van der Waals surface area contributed by atoms with E-state index in [1.165, 1.54) is 13.2 Å². The molecular weight excluding hydrogens is 444 g/mol. The summed E-state index contributed by atoms with van der Waals surface area (Å²) in [6.07, 6.45) is 4.71. The van der Waals surface area contributed by atoms with Crippen LogP contribution >= 0.6 is 11.6 Å². The highest BCUT2D eigenvalue weighted by molar-refractivity contribution is 6.34. The molecule has 8 heteroatoms. The second kappa shape index (κ2) is 8.15. The summed E-state index contributed by atoms with van der Waals surface area (Å²) in [6, 6.07) is 12.8. The molecule has 7 nitrogen and oxygen atoms in total. The van der Waals surface area contributed by atoms with E-state index in [4.69, 9.17) is 16.3 Å². The normalized spacial score (nSPS) is 24.8. The fourth-order valence-corrected chi connectivity index (χ4v) is 5.37. The molecule has 0 aromatic heterocycles. The Labute approximate surface area is 195 Å². The van der Waals surface area contributed by atoms with Crippen LogP contribution in [0.4, 0.5) is 0 Å². The average Bonchev–Trinajstić information content (AvgIpc) is 3.51. The summed E-state index contributed by atoms with van der Waals surface area (Å²) in [5, 5.41) is 2.00. The first-order chi connectivity index (χ1) is 15.9. The van der Waals surface area contributed by atoms with Crippen LogP contribution in [-0.2, 0) is 9.59 Å². The first-order valence-electron chi connectivity index (χ1n) is 10.7. The third-order valence-corrected chi connectivity index (χ3v) is 7.04. The summed E-state index contributed by atoms with van der Waals surface area (Å²) in [5.41, 5.74) is 0.406. The predicted octanol–water partition coefficient (Wildman–Crippen LogP) is 3.40. The van der Waals surface area contributed by atoms with Gasteiger partial charge in [-0.1, -0.05) is 48.0 Å². The van der Waals surface area contributed by atoms with Crippen LogP contribution < -0.4 is 4.74 Å². The first-order valence-corrected chi connectivity index (χ1v) is 11.1. The monoisotopic (exact) mass is 464 g/mol. The Balaban J connectivity index is 1.51. The maximum atomic E-state index is 13.5. The van der Waals surface area contributed by atoms with Crippen LogP contribution in [-0.4, -0.2) is 47.2 Å². The number of ketones is 1. The zero-order valence-corrected chi connectivity index (χ0v) is 18.6. The van der Waals surface area contributed by atoms with E-state index in [2.05, 4.69) is 0 Å². The van der Waals surface area contributed by atoms with Crippen LogP contribution in [0.5, 0.6) is 5.75 Å². The fourth-order valence-electron chi connectivity index (χ4n) is 5.16. The van der Waals surface area contributed by atoms with Gasteiger partial charge in [-0.05, 0) is 42.5 Å². The van der Waals surface area contributed by atoms with Gasteiger partial charge in [0.15, 0.2) is 5.78 Å². The molecule has 1 saturated carbocycles. The number of imide groups is 1. The second-order valence-electron chi connectivity index (χ2n) is 8.49. The number of methoxy groups -OCH3 is 1. The number of hydrogen-bond acceptors (Lipinski definition) is 5.